The lowest BCUT2D eigenvalue weighted by Crippen LogP contribution is -2.23. The third-order valence-corrected chi connectivity index (χ3v) is 3.30. The van der Waals surface area contributed by atoms with E-state index in [1.807, 2.05) is 0 Å². The number of aliphatic hydroxyl groups is 1. The molecule has 3 rings (SSSR count). The first-order valence-electron chi connectivity index (χ1n) is 6.39. The number of hydrogen-bond donors (Lipinski definition) is 3. The van der Waals surface area contributed by atoms with Gasteiger partial charge < -0.3 is 25.1 Å². The van der Waals surface area contributed by atoms with Gasteiger partial charge in [-0.3, -0.25) is 14.3 Å². The van der Waals surface area contributed by atoms with Crippen LogP contribution in [0.15, 0.2) is 22.6 Å². The fraction of sp³-hybridized carbons (Fsp3) is 0.417. The van der Waals surface area contributed by atoms with E-state index in [-0.39, 0.29) is 29.5 Å². The third-order valence-electron chi connectivity index (χ3n) is 3.30. The van der Waals surface area contributed by atoms with E-state index < -0.39 is 17.9 Å². The van der Waals surface area contributed by atoms with Gasteiger partial charge in [0.15, 0.2) is 28.8 Å². The zero-order valence-electron chi connectivity index (χ0n) is 11.9. The maximum atomic E-state index is 11.8. The maximum Gasteiger partial charge on any atom is 0.280 e. The number of nitrogens with zero attached hydrogens (tertiary/aromatic N) is 3. The summed E-state index contributed by atoms with van der Waals surface area (Å²) in [5.74, 6) is 0.567. The summed E-state index contributed by atoms with van der Waals surface area (Å²) in [7, 11) is 2.92. The molecular weight excluding hydrogens is 294 g/mol. The van der Waals surface area contributed by atoms with Gasteiger partial charge in [0.2, 0.25) is 12.2 Å². The van der Waals surface area contributed by atoms with Gasteiger partial charge in [-0.1, -0.05) is 0 Å². The number of ether oxygens (including phenoxy) is 3. The number of methoxy groups -OCH3 is 2. The number of aromatic nitrogens is 4. The number of rotatable bonds is 4. The lowest BCUT2D eigenvalue weighted by Gasteiger charge is -2.17. The molecule has 0 bridgehead atoms. The Balaban J connectivity index is 2.05. The van der Waals surface area contributed by atoms with Crippen LogP contribution in [-0.2, 0) is 14.2 Å². The summed E-state index contributed by atoms with van der Waals surface area (Å²) in [6, 6.07) is 0. The molecule has 0 radical (unpaired) electrons. The van der Waals surface area contributed by atoms with Crippen molar-refractivity contribution >= 4 is 17.1 Å². The molecule has 2 aromatic heterocycles. The minimum atomic E-state index is -1.09. The second-order valence-electron chi connectivity index (χ2n) is 4.65. The number of imidazole rings is 1. The van der Waals surface area contributed by atoms with Gasteiger partial charge >= 0.3 is 0 Å². The predicted molar refractivity (Wildman–Crippen MR) is 74.6 cm³/mol. The highest BCUT2D eigenvalue weighted by Crippen LogP contribution is 2.34. The van der Waals surface area contributed by atoms with Gasteiger partial charge in [0, 0.05) is 7.11 Å². The Morgan fingerprint density at radius 3 is 3.00 bits per heavy atom. The molecular formula is C12H15N5O5. The van der Waals surface area contributed by atoms with Crippen LogP contribution in [0, 0.1) is 0 Å². The molecule has 0 saturated carbocycles. The summed E-state index contributed by atoms with van der Waals surface area (Å²) in [4.78, 5) is 22.2. The van der Waals surface area contributed by atoms with Crippen LogP contribution >= 0.6 is 0 Å². The van der Waals surface area contributed by atoms with Crippen LogP contribution in [-0.4, -0.2) is 51.6 Å². The minimum absolute atomic E-state index is 0.0521. The first-order valence-corrected chi connectivity index (χ1v) is 6.39. The molecule has 22 heavy (non-hydrogen) atoms. The molecule has 0 fully saturated rings. The molecule has 0 aromatic carbocycles. The van der Waals surface area contributed by atoms with Crippen molar-refractivity contribution in [3.63, 3.8) is 0 Å². The third kappa shape index (κ3) is 2.09. The van der Waals surface area contributed by atoms with Crippen LogP contribution in [0.25, 0.3) is 11.2 Å². The van der Waals surface area contributed by atoms with Gasteiger partial charge in [0.05, 0.1) is 7.11 Å². The van der Waals surface area contributed by atoms with Crippen molar-refractivity contribution in [3.05, 3.63) is 28.2 Å². The lowest BCUT2D eigenvalue weighted by molar-refractivity contribution is -0.0159. The number of nitrogens with two attached hydrogens (primary N) is 1. The minimum Gasteiger partial charge on any atom is -0.494 e. The van der Waals surface area contributed by atoms with Crippen molar-refractivity contribution in [3.8, 4) is 0 Å². The van der Waals surface area contributed by atoms with Crippen LogP contribution in [0.2, 0.25) is 0 Å². The average molecular weight is 309 g/mol. The van der Waals surface area contributed by atoms with Gasteiger partial charge in [0.1, 0.15) is 12.9 Å². The summed E-state index contributed by atoms with van der Waals surface area (Å²) < 4.78 is 17.2. The van der Waals surface area contributed by atoms with Gasteiger partial charge in [-0.25, -0.2) is 4.98 Å². The van der Waals surface area contributed by atoms with Crippen LogP contribution in [0.1, 0.15) is 6.23 Å². The summed E-state index contributed by atoms with van der Waals surface area (Å²) >= 11 is 0. The van der Waals surface area contributed by atoms with E-state index in [0.717, 1.165) is 0 Å². The fourth-order valence-electron chi connectivity index (χ4n) is 2.37. The number of H-pyrrole nitrogens is 1. The van der Waals surface area contributed by atoms with E-state index in [2.05, 4.69) is 15.0 Å². The second kappa shape index (κ2) is 5.31. The topological polar surface area (TPSA) is 138 Å². The zero-order valence-corrected chi connectivity index (χ0v) is 11.9. The zero-order chi connectivity index (χ0) is 15.9. The van der Waals surface area contributed by atoms with Crippen LogP contribution in [0.4, 0.5) is 5.95 Å². The smallest absolute Gasteiger partial charge is 0.280 e. The van der Waals surface area contributed by atoms with E-state index in [4.69, 9.17) is 19.9 Å². The Morgan fingerprint density at radius 1 is 1.55 bits per heavy atom. The summed E-state index contributed by atoms with van der Waals surface area (Å²) in [5, 5.41) is 10.4. The summed E-state index contributed by atoms with van der Waals surface area (Å²) in [6.07, 6.45) is -0.614. The van der Waals surface area contributed by atoms with Crippen molar-refractivity contribution in [2.24, 2.45) is 0 Å². The van der Waals surface area contributed by atoms with Gasteiger partial charge in [-0.15, -0.1) is 0 Å². The van der Waals surface area contributed by atoms with Crippen molar-refractivity contribution < 1.29 is 19.3 Å². The highest BCUT2D eigenvalue weighted by molar-refractivity contribution is 5.70. The Hall–Kier alpha value is -2.59. The molecule has 0 amide bonds. The van der Waals surface area contributed by atoms with Crippen molar-refractivity contribution in [1.82, 2.24) is 19.5 Å². The van der Waals surface area contributed by atoms with Crippen LogP contribution in [0.3, 0.4) is 0 Å². The number of hydrogen-bond acceptors (Lipinski definition) is 8. The summed E-state index contributed by atoms with van der Waals surface area (Å²) in [6.45, 7) is 0.138. The van der Waals surface area contributed by atoms with Crippen molar-refractivity contribution in [2.75, 3.05) is 26.6 Å². The Labute approximate surface area is 124 Å². The molecule has 0 aliphatic carbocycles. The quantitative estimate of drug-likeness (QED) is 0.660. The molecule has 1 aliphatic heterocycles. The predicted octanol–water partition coefficient (Wildman–Crippen LogP) is -0.904. The highest BCUT2D eigenvalue weighted by Gasteiger charge is 2.39. The molecule has 1 unspecified atom stereocenters. The molecule has 0 saturated heterocycles. The average Bonchev–Trinajstić information content (AvgIpc) is 3.01. The summed E-state index contributed by atoms with van der Waals surface area (Å²) in [5.41, 5.74) is 5.39. The molecule has 3 heterocycles. The second-order valence-corrected chi connectivity index (χ2v) is 4.65. The van der Waals surface area contributed by atoms with Crippen molar-refractivity contribution in [2.45, 2.75) is 12.3 Å². The Kier molecular flexibility index (Phi) is 3.47. The maximum absolute atomic E-state index is 11.8. The number of nitrogen functional groups attached to an aromatic ring is 1. The fourth-order valence-corrected chi connectivity index (χ4v) is 2.37. The van der Waals surface area contributed by atoms with Gasteiger partial charge in [0.25, 0.3) is 5.56 Å². The first-order chi connectivity index (χ1) is 10.6. The Morgan fingerprint density at radius 2 is 2.32 bits per heavy atom. The standard InChI is InChI=1S/C12H15N5O5/c1-20-3-5-8(21-2)7(18)11(22-5)17-4-14-6-9(17)15-12(13)16-10(6)19/h4,7,11,18H,3H2,1-2H3,(H3,13,15,16,19)/t7?,11-/m1/s1. The van der Waals surface area contributed by atoms with E-state index >= 15 is 0 Å². The first kappa shape index (κ1) is 14.4. The molecule has 2 atom stereocenters. The molecule has 10 heteroatoms. The number of aromatic amines is 1. The van der Waals surface area contributed by atoms with Gasteiger partial charge in [-0.05, 0) is 0 Å². The molecule has 4 N–H and O–H groups in total. The van der Waals surface area contributed by atoms with E-state index in [1.165, 1.54) is 25.1 Å². The van der Waals surface area contributed by atoms with Crippen LogP contribution < -0.4 is 11.3 Å². The monoisotopic (exact) mass is 309 g/mol. The van der Waals surface area contributed by atoms with Crippen molar-refractivity contribution in [1.29, 1.82) is 0 Å². The van der Waals surface area contributed by atoms with E-state index in [9.17, 15) is 9.90 Å². The van der Waals surface area contributed by atoms with E-state index in [1.54, 1.807) is 0 Å². The van der Waals surface area contributed by atoms with Crippen LogP contribution in [0.5, 0.6) is 0 Å². The Bertz CT molecular complexity index is 795. The molecule has 10 nitrogen and oxygen atoms in total. The number of nitrogens with one attached hydrogen (secondary N) is 1. The number of anilines is 1. The molecule has 0 spiro atoms. The van der Waals surface area contributed by atoms with E-state index in [0.29, 0.717) is 5.76 Å². The highest BCUT2D eigenvalue weighted by atomic mass is 16.6. The molecule has 118 valence electrons. The number of fused-ring (bicyclic) bond motifs is 1. The molecule has 1 aliphatic rings. The normalized spacial score (nSPS) is 21.4. The lowest BCUT2D eigenvalue weighted by atomic mass is 10.2. The van der Waals surface area contributed by atoms with Gasteiger partial charge in [-0.2, -0.15) is 4.98 Å². The number of aliphatic hydroxyl groups excluding tert-OH is 1. The molecule has 2 aromatic rings. The largest absolute Gasteiger partial charge is 0.494 e. The SMILES string of the molecule is COCC1=C(OC)C(O)[C@H](n2cnc3c(=O)[nH]c(N)nc32)O1.